The van der Waals surface area contributed by atoms with Crippen LogP contribution in [0.25, 0.3) is 0 Å². The number of carbonyl (C=O) groups is 2. The molecule has 0 unspecified atom stereocenters. The quantitative estimate of drug-likeness (QED) is 0.768. The van der Waals surface area contributed by atoms with Gasteiger partial charge < -0.3 is 4.98 Å². The van der Waals surface area contributed by atoms with Gasteiger partial charge in [0.05, 0.1) is 0 Å². The third kappa shape index (κ3) is 2.29. The summed E-state index contributed by atoms with van der Waals surface area (Å²) in [5.74, 6) is 0.756. The maximum Gasteiger partial charge on any atom is 0.229 e. The van der Waals surface area contributed by atoms with E-state index in [0.717, 1.165) is 11.5 Å². The Morgan fingerprint density at radius 1 is 1.38 bits per heavy atom. The monoisotopic (exact) mass is 221 g/mol. The van der Waals surface area contributed by atoms with E-state index in [1.54, 1.807) is 6.20 Å². The van der Waals surface area contributed by atoms with E-state index < -0.39 is 0 Å². The number of piperidine rings is 1. The molecule has 1 fully saturated rings. The number of hydrogen-bond donors (Lipinski definition) is 1. The van der Waals surface area contributed by atoms with Crippen LogP contribution in [-0.2, 0) is 16.0 Å². The summed E-state index contributed by atoms with van der Waals surface area (Å²) in [6.45, 7) is 2.33. The highest BCUT2D eigenvalue weighted by Gasteiger charge is 2.25. The van der Waals surface area contributed by atoms with Crippen LogP contribution in [0.2, 0.25) is 0 Å². The molecule has 1 saturated heterocycles. The summed E-state index contributed by atoms with van der Waals surface area (Å²) in [5, 5.41) is 0. The largest absolute Gasteiger partial charge is 0.346 e. The lowest BCUT2D eigenvalue weighted by Crippen LogP contribution is -2.41. The van der Waals surface area contributed by atoms with E-state index in [0.29, 0.717) is 32.2 Å². The third-order valence-corrected chi connectivity index (χ3v) is 2.74. The molecular formula is C11H15N3O2. The van der Waals surface area contributed by atoms with Gasteiger partial charge in [0.1, 0.15) is 5.82 Å². The third-order valence-electron chi connectivity index (χ3n) is 2.74. The minimum Gasteiger partial charge on any atom is -0.346 e. The second-order valence-electron chi connectivity index (χ2n) is 4.04. The highest BCUT2D eigenvalue weighted by Crippen LogP contribution is 2.12. The Kier molecular flexibility index (Phi) is 3.03. The fraction of sp³-hybridized carbons (Fsp3) is 0.545. The molecule has 1 aliphatic rings. The number of H-pyrrole nitrogens is 1. The van der Waals surface area contributed by atoms with E-state index in [9.17, 15) is 9.59 Å². The van der Waals surface area contributed by atoms with Crippen molar-refractivity contribution in [3.8, 4) is 0 Å². The van der Waals surface area contributed by atoms with Crippen molar-refractivity contribution in [3.63, 3.8) is 0 Å². The molecule has 1 aromatic heterocycles. The van der Waals surface area contributed by atoms with Gasteiger partial charge in [-0.3, -0.25) is 14.5 Å². The summed E-state index contributed by atoms with van der Waals surface area (Å²) >= 11 is 0. The highest BCUT2D eigenvalue weighted by atomic mass is 16.2. The van der Waals surface area contributed by atoms with Crippen molar-refractivity contribution < 1.29 is 9.59 Å². The van der Waals surface area contributed by atoms with Crippen LogP contribution in [0.5, 0.6) is 0 Å². The number of hydrogen-bond acceptors (Lipinski definition) is 3. The number of likely N-dealkylation sites (tertiary alicyclic amines) is 1. The summed E-state index contributed by atoms with van der Waals surface area (Å²) in [5.41, 5.74) is 0.962. The number of carbonyl (C=O) groups excluding carboxylic acids is 2. The number of nitrogens with one attached hydrogen (secondary N) is 1. The second-order valence-corrected chi connectivity index (χ2v) is 4.04. The lowest BCUT2D eigenvalue weighted by molar-refractivity contribution is -0.147. The summed E-state index contributed by atoms with van der Waals surface area (Å²) in [6.07, 6.45) is 4.07. The van der Waals surface area contributed by atoms with E-state index >= 15 is 0 Å². The first-order valence-electron chi connectivity index (χ1n) is 5.50. The van der Waals surface area contributed by atoms with Crippen molar-refractivity contribution >= 4 is 11.8 Å². The Morgan fingerprint density at radius 2 is 2.06 bits per heavy atom. The predicted octanol–water partition coefficient (Wildman–Crippen LogP) is 0.800. The molecule has 2 amide bonds. The van der Waals surface area contributed by atoms with Gasteiger partial charge in [0.15, 0.2) is 0 Å². The fourth-order valence-corrected chi connectivity index (χ4v) is 1.88. The molecule has 0 radical (unpaired) electrons. The molecular weight excluding hydrogens is 206 g/mol. The number of aryl methyl sites for hydroxylation is 1. The van der Waals surface area contributed by atoms with E-state index in [1.165, 1.54) is 4.90 Å². The summed E-state index contributed by atoms with van der Waals surface area (Å²) in [6, 6.07) is 0. The Morgan fingerprint density at radius 3 is 2.62 bits per heavy atom. The molecule has 1 N–H and O–H groups in total. The Labute approximate surface area is 93.9 Å². The number of aromatic amines is 1. The second kappa shape index (κ2) is 4.47. The molecule has 5 heteroatoms. The first-order valence-corrected chi connectivity index (χ1v) is 5.50. The molecule has 16 heavy (non-hydrogen) atoms. The van der Waals surface area contributed by atoms with Crippen LogP contribution < -0.4 is 0 Å². The molecule has 0 bridgehead atoms. The minimum absolute atomic E-state index is 0.0486. The minimum atomic E-state index is -0.0486. The van der Waals surface area contributed by atoms with Crippen molar-refractivity contribution in [1.82, 2.24) is 14.9 Å². The molecule has 0 atom stereocenters. The zero-order valence-electron chi connectivity index (χ0n) is 9.32. The Hall–Kier alpha value is -1.65. The molecule has 5 nitrogen and oxygen atoms in total. The van der Waals surface area contributed by atoms with Gasteiger partial charge in [-0.05, 0) is 13.3 Å². The zero-order valence-corrected chi connectivity index (χ0v) is 9.32. The molecule has 0 saturated carbocycles. The smallest absolute Gasteiger partial charge is 0.229 e. The molecule has 0 aromatic carbocycles. The van der Waals surface area contributed by atoms with E-state index in [1.807, 2.05) is 6.92 Å². The highest BCUT2D eigenvalue weighted by molar-refractivity contribution is 5.97. The van der Waals surface area contributed by atoms with Crippen LogP contribution in [0, 0.1) is 6.92 Å². The topological polar surface area (TPSA) is 66.1 Å². The SMILES string of the molecule is Cc1ncc(CCN2C(=O)CCCC2=O)[nH]1. The molecule has 86 valence electrons. The first-order chi connectivity index (χ1) is 7.66. The Balaban J connectivity index is 1.93. The zero-order chi connectivity index (χ0) is 11.5. The molecule has 1 aliphatic heterocycles. The van der Waals surface area contributed by atoms with Gasteiger partial charge in [-0.25, -0.2) is 4.98 Å². The maximum absolute atomic E-state index is 11.5. The maximum atomic E-state index is 11.5. The average Bonchev–Trinajstić information content (AvgIpc) is 2.63. The number of nitrogens with zero attached hydrogens (tertiary/aromatic N) is 2. The number of amides is 2. The van der Waals surface area contributed by atoms with Gasteiger partial charge in [0.2, 0.25) is 11.8 Å². The van der Waals surface area contributed by atoms with Gasteiger partial charge in [-0.1, -0.05) is 0 Å². The van der Waals surface area contributed by atoms with Gasteiger partial charge >= 0.3 is 0 Å². The van der Waals surface area contributed by atoms with Gasteiger partial charge in [-0.15, -0.1) is 0 Å². The number of imide groups is 1. The normalized spacial score (nSPS) is 16.9. The number of rotatable bonds is 3. The van der Waals surface area contributed by atoms with Gasteiger partial charge in [0.25, 0.3) is 0 Å². The van der Waals surface area contributed by atoms with Crippen LogP contribution in [0.3, 0.4) is 0 Å². The molecule has 0 aliphatic carbocycles. The first kappa shape index (κ1) is 10.9. The molecule has 1 aromatic rings. The summed E-state index contributed by atoms with van der Waals surface area (Å²) < 4.78 is 0. The Bertz CT molecular complexity index is 395. The fourth-order valence-electron chi connectivity index (χ4n) is 1.88. The lowest BCUT2D eigenvalue weighted by Gasteiger charge is -2.24. The van der Waals surface area contributed by atoms with E-state index in [-0.39, 0.29) is 11.8 Å². The number of imidazole rings is 1. The van der Waals surface area contributed by atoms with E-state index in [2.05, 4.69) is 9.97 Å². The predicted molar refractivity (Wildman–Crippen MR) is 57.6 cm³/mol. The van der Waals surface area contributed by atoms with Crippen molar-refractivity contribution in [1.29, 1.82) is 0 Å². The summed E-state index contributed by atoms with van der Waals surface area (Å²) in [4.78, 5) is 31.5. The van der Waals surface area contributed by atoms with Crippen LogP contribution in [0.15, 0.2) is 6.20 Å². The average molecular weight is 221 g/mol. The van der Waals surface area contributed by atoms with Crippen LogP contribution in [0.1, 0.15) is 30.8 Å². The van der Waals surface area contributed by atoms with Crippen LogP contribution in [-0.4, -0.2) is 33.2 Å². The van der Waals surface area contributed by atoms with Crippen molar-refractivity contribution in [2.45, 2.75) is 32.6 Å². The van der Waals surface area contributed by atoms with Crippen LogP contribution in [0.4, 0.5) is 0 Å². The van der Waals surface area contributed by atoms with Gasteiger partial charge in [-0.2, -0.15) is 0 Å². The molecule has 2 rings (SSSR count). The van der Waals surface area contributed by atoms with Crippen molar-refractivity contribution in [2.24, 2.45) is 0 Å². The van der Waals surface area contributed by atoms with E-state index in [4.69, 9.17) is 0 Å². The van der Waals surface area contributed by atoms with Gasteiger partial charge in [0, 0.05) is 37.7 Å². The van der Waals surface area contributed by atoms with Crippen LogP contribution >= 0.6 is 0 Å². The molecule has 0 spiro atoms. The lowest BCUT2D eigenvalue weighted by atomic mass is 10.1. The standard InChI is InChI=1S/C11H15N3O2/c1-8-12-7-9(13-8)5-6-14-10(15)3-2-4-11(14)16/h7H,2-6H2,1H3,(H,12,13). The number of aromatic nitrogens is 2. The summed E-state index contributed by atoms with van der Waals surface area (Å²) in [7, 11) is 0. The molecule has 2 heterocycles. The van der Waals surface area contributed by atoms with Crippen molar-refractivity contribution in [2.75, 3.05) is 6.54 Å². The van der Waals surface area contributed by atoms with Crippen molar-refractivity contribution in [3.05, 3.63) is 17.7 Å².